The maximum absolute atomic E-state index is 9.66. The quantitative estimate of drug-likeness (QED) is 0.881. The third-order valence-corrected chi connectivity index (χ3v) is 3.85. The van der Waals surface area contributed by atoms with Gasteiger partial charge in [-0.05, 0) is 31.0 Å². The second kappa shape index (κ2) is 5.60. The molecule has 1 fully saturated rings. The summed E-state index contributed by atoms with van der Waals surface area (Å²) >= 11 is 5.97. The standard InChI is InChI=1S/C14H17ClN2O/c15-12-5-4-11(9-16)13(8-12)17-14(10-18)6-2-1-3-7-14/h4-5,8,17-18H,1-3,6-7,10H2. The molecule has 0 spiro atoms. The van der Waals surface area contributed by atoms with Crippen molar-refractivity contribution in [3.63, 3.8) is 0 Å². The van der Waals surface area contributed by atoms with Crippen LogP contribution in [0.25, 0.3) is 0 Å². The fourth-order valence-electron chi connectivity index (χ4n) is 2.55. The summed E-state index contributed by atoms with van der Waals surface area (Å²) in [6, 6.07) is 7.32. The summed E-state index contributed by atoms with van der Waals surface area (Å²) in [7, 11) is 0. The van der Waals surface area contributed by atoms with Crippen molar-refractivity contribution < 1.29 is 5.11 Å². The molecule has 1 aliphatic carbocycles. The molecule has 1 saturated carbocycles. The molecular formula is C14H17ClN2O. The van der Waals surface area contributed by atoms with Gasteiger partial charge in [0.05, 0.1) is 23.4 Å². The van der Waals surface area contributed by atoms with Gasteiger partial charge in [0.1, 0.15) is 6.07 Å². The highest BCUT2D eigenvalue weighted by molar-refractivity contribution is 6.30. The van der Waals surface area contributed by atoms with Crippen molar-refractivity contribution in [2.45, 2.75) is 37.6 Å². The first kappa shape index (κ1) is 13.2. The molecule has 0 aromatic heterocycles. The lowest BCUT2D eigenvalue weighted by molar-refractivity contribution is 0.173. The van der Waals surface area contributed by atoms with Crippen LogP contribution in [-0.2, 0) is 0 Å². The summed E-state index contributed by atoms with van der Waals surface area (Å²) in [6.45, 7) is 0.0877. The molecule has 0 atom stereocenters. The highest BCUT2D eigenvalue weighted by Gasteiger charge is 2.31. The molecule has 0 bridgehead atoms. The number of nitrogens with zero attached hydrogens (tertiary/aromatic N) is 1. The number of nitriles is 1. The van der Waals surface area contributed by atoms with E-state index >= 15 is 0 Å². The molecular weight excluding hydrogens is 248 g/mol. The van der Waals surface area contributed by atoms with E-state index in [0.29, 0.717) is 10.6 Å². The van der Waals surface area contributed by atoms with Gasteiger partial charge < -0.3 is 10.4 Å². The number of rotatable bonds is 3. The van der Waals surface area contributed by atoms with Gasteiger partial charge >= 0.3 is 0 Å². The average molecular weight is 265 g/mol. The zero-order valence-electron chi connectivity index (χ0n) is 10.2. The van der Waals surface area contributed by atoms with Crippen LogP contribution in [0.15, 0.2) is 18.2 Å². The summed E-state index contributed by atoms with van der Waals surface area (Å²) in [4.78, 5) is 0. The maximum atomic E-state index is 9.66. The van der Waals surface area contributed by atoms with Crippen LogP contribution in [0.1, 0.15) is 37.7 Å². The number of benzene rings is 1. The Morgan fingerprint density at radius 2 is 2.06 bits per heavy atom. The predicted molar refractivity (Wildman–Crippen MR) is 72.7 cm³/mol. The molecule has 96 valence electrons. The van der Waals surface area contributed by atoms with Crippen molar-refractivity contribution in [1.82, 2.24) is 0 Å². The molecule has 0 aliphatic heterocycles. The number of aliphatic hydroxyl groups excluding tert-OH is 1. The highest BCUT2D eigenvalue weighted by Crippen LogP contribution is 2.33. The monoisotopic (exact) mass is 264 g/mol. The topological polar surface area (TPSA) is 56.0 Å². The van der Waals surface area contributed by atoms with Gasteiger partial charge in [-0.15, -0.1) is 0 Å². The minimum atomic E-state index is -0.297. The van der Waals surface area contributed by atoms with Gasteiger partial charge in [-0.3, -0.25) is 0 Å². The predicted octanol–water partition coefficient (Wildman–Crippen LogP) is 3.32. The lowest BCUT2D eigenvalue weighted by atomic mass is 9.82. The normalized spacial score (nSPS) is 18.1. The van der Waals surface area contributed by atoms with E-state index in [1.54, 1.807) is 18.2 Å². The third kappa shape index (κ3) is 2.77. The molecule has 1 aromatic carbocycles. The van der Waals surface area contributed by atoms with Gasteiger partial charge in [-0.1, -0.05) is 30.9 Å². The summed E-state index contributed by atoms with van der Waals surface area (Å²) in [5.74, 6) is 0. The van der Waals surface area contributed by atoms with Crippen LogP contribution in [0.2, 0.25) is 5.02 Å². The Labute approximate surface area is 112 Å². The van der Waals surface area contributed by atoms with E-state index < -0.39 is 0 Å². The molecule has 0 heterocycles. The number of halogens is 1. The van der Waals surface area contributed by atoms with E-state index in [2.05, 4.69) is 11.4 Å². The molecule has 0 saturated heterocycles. The first-order valence-corrected chi connectivity index (χ1v) is 6.66. The first-order valence-electron chi connectivity index (χ1n) is 6.28. The van der Waals surface area contributed by atoms with E-state index in [-0.39, 0.29) is 12.1 Å². The molecule has 1 aliphatic rings. The van der Waals surface area contributed by atoms with E-state index in [0.717, 1.165) is 31.4 Å². The lowest BCUT2D eigenvalue weighted by Gasteiger charge is -2.37. The molecule has 0 amide bonds. The zero-order chi connectivity index (χ0) is 13.0. The molecule has 0 unspecified atom stereocenters. The van der Waals surface area contributed by atoms with Gasteiger partial charge in [-0.25, -0.2) is 0 Å². The largest absolute Gasteiger partial charge is 0.394 e. The summed E-state index contributed by atoms with van der Waals surface area (Å²) in [5.41, 5.74) is 0.993. The van der Waals surface area contributed by atoms with Crippen molar-refractivity contribution in [2.75, 3.05) is 11.9 Å². The fraction of sp³-hybridized carbons (Fsp3) is 0.500. The van der Waals surface area contributed by atoms with Gasteiger partial charge in [0.25, 0.3) is 0 Å². The van der Waals surface area contributed by atoms with Crippen LogP contribution in [0, 0.1) is 11.3 Å². The van der Waals surface area contributed by atoms with Crippen LogP contribution >= 0.6 is 11.6 Å². The van der Waals surface area contributed by atoms with E-state index in [1.165, 1.54) is 6.42 Å². The Kier molecular flexibility index (Phi) is 4.11. The van der Waals surface area contributed by atoms with Crippen LogP contribution in [0.3, 0.4) is 0 Å². The van der Waals surface area contributed by atoms with Crippen molar-refractivity contribution in [3.05, 3.63) is 28.8 Å². The Hall–Kier alpha value is -1.24. The van der Waals surface area contributed by atoms with E-state index in [9.17, 15) is 5.11 Å². The number of aliphatic hydroxyl groups is 1. The zero-order valence-corrected chi connectivity index (χ0v) is 11.0. The second-order valence-corrected chi connectivity index (χ2v) is 5.36. The summed E-state index contributed by atoms with van der Waals surface area (Å²) < 4.78 is 0. The van der Waals surface area contributed by atoms with Gasteiger partial charge in [0.2, 0.25) is 0 Å². The number of anilines is 1. The van der Waals surface area contributed by atoms with E-state index in [4.69, 9.17) is 16.9 Å². The van der Waals surface area contributed by atoms with Crippen LogP contribution in [0.4, 0.5) is 5.69 Å². The highest BCUT2D eigenvalue weighted by atomic mass is 35.5. The minimum absolute atomic E-state index is 0.0877. The Morgan fingerprint density at radius 3 is 2.67 bits per heavy atom. The average Bonchev–Trinajstić information content (AvgIpc) is 2.40. The Morgan fingerprint density at radius 1 is 1.33 bits per heavy atom. The van der Waals surface area contributed by atoms with Gasteiger partial charge in [0, 0.05) is 5.02 Å². The number of hydrogen-bond donors (Lipinski definition) is 2. The summed E-state index contributed by atoms with van der Waals surface area (Å²) in [6.07, 6.45) is 5.29. The lowest BCUT2D eigenvalue weighted by Crippen LogP contribution is -2.44. The van der Waals surface area contributed by atoms with Crippen molar-refractivity contribution in [3.8, 4) is 6.07 Å². The third-order valence-electron chi connectivity index (χ3n) is 3.62. The smallest absolute Gasteiger partial charge is 0.101 e. The molecule has 4 heteroatoms. The Balaban J connectivity index is 2.26. The van der Waals surface area contributed by atoms with Crippen LogP contribution in [0.5, 0.6) is 0 Å². The van der Waals surface area contributed by atoms with Crippen LogP contribution < -0.4 is 5.32 Å². The van der Waals surface area contributed by atoms with E-state index in [1.807, 2.05) is 0 Å². The SMILES string of the molecule is N#Cc1ccc(Cl)cc1NC1(CO)CCCCC1. The molecule has 18 heavy (non-hydrogen) atoms. The minimum Gasteiger partial charge on any atom is -0.394 e. The Bertz CT molecular complexity index is 461. The fourth-order valence-corrected chi connectivity index (χ4v) is 2.73. The molecule has 1 aromatic rings. The van der Waals surface area contributed by atoms with Crippen molar-refractivity contribution >= 4 is 17.3 Å². The van der Waals surface area contributed by atoms with Gasteiger partial charge in [-0.2, -0.15) is 5.26 Å². The molecule has 3 nitrogen and oxygen atoms in total. The number of nitrogens with one attached hydrogen (secondary N) is 1. The summed E-state index contributed by atoms with van der Waals surface area (Å²) in [5, 5.41) is 22.7. The van der Waals surface area contributed by atoms with Crippen molar-refractivity contribution in [1.29, 1.82) is 5.26 Å². The maximum Gasteiger partial charge on any atom is 0.101 e. The number of hydrogen-bond acceptors (Lipinski definition) is 3. The van der Waals surface area contributed by atoms with Crippen molar-refractivity contribution in [2.24, 2.45) is 0 Å². The van der Waals surface area contributed by atoms with Gasteiger partial charge in [0.15, 0.2) is 0 Å². The molecule has 2 rings (SSSR count). The first-order chi connectivity index (χ1) is 8.69. The molecule has 0 radical (unpaired) electrons. The van der Waals surface area contributed by atoms with Crippen LogP contribution in [-0.4, -0.2) is 17.3 Å². The molecule has 2 N–H and O–H groups in total. The second-order valence-electron chi connectivity index (χ2n) is 4.93.